The summed E-state index contributed by atoms with van der Waals surface area (Å²) in [5.41, 5.74) is 17.7. The first kappa shape index (κ1) is 118. The molecule has 29 N–H and O–H groups in total. The molecule has 0 aromatic heterocycles. The molecule has 0 heterocycles. The van der Waals surface area contributed by atoms with E-state index in [0.29, 0.717) is 64.3 Å². The lowest BCUT2D eigenvalue weighted by molar-refractivity contribution is -0.142. The molecule has 16 amide bonds. The average Bonchev–Trinajstić information content (AvgIpc) is 0.755. The SMILES string of the molecule is COc1ccc(C(O)(c2ccc(OC)cc2)c2ccc(OC)c(CCCCCC(=O)N[C@@H](CCC(=O)O)C(=O)NCC(=O)N[C@H](C(=O)N[C@@H](CC(N)=O)C(=O)N[C@@H](CC(=O)O)C(=O)N[C@@H](CC(N)=O)C(=O)N[C@@H](CCC(=O)O)C(=O)N[C@@H](CCC(=O)O)C(=O)NCC(=O)N[C@@H](Cc3ccccc3)C(=O)N[C@@H](Cc3ccccc3)C(=O)N[C@@H](CO)C(=O)N[C@@H](C)C(=O)N[C@@H](CCCNC(=N)N)C(=O)O)C(C)C)c2)cc1. The number of rotatable bonds is 65. The first-order valence-corrected chi connectivity index (χ1v) is 45.5. The van der Waals surface area contributed by atoms with Crippen molar-refractivity contribution in [3.63, 3.8) is 0 Å². The molecule has 5 aromatic carbocycles. The number of hydrogen-bond donors (Lipinski definition) is 26. The molecule has 0 aliphatic rings. The average molecular weight is 2020 g/mol. The number of carbonyl (C=O) groups is 21. The lowest BCUT2D eigenvalue weighted by Gasteiger charge is -2.31. The molecular weight excluding hydrogens is 1890 g/mol. The smallest absolute Gasteiger partial charge is 0.326 e. The van der Waals surface area contributed by atoms with E-state index in [1.54, 1.807) is 121 Å². The van der Waals surface area contributed by atoms with Gasteiger partial charge in [0.25, 0.3) is 0 Å². The lowest BCUT2D eigenvalue weighted by Crippen LogP contribution is -2.61. The molecular formula is C94H125N19O31. The highest BCUT2D eigenvalue weighted by molar-refractivity contribution is 6.02. The van der Waals surface area contributed by atoms with Crippen LogP contribution in [-0.2, 0) is 126 Å². The van der Waals surface area contributed by atoms with Gasteiger partial charge >= 0.3 is 29.8 Å². The second-order valence-corrected chi connectivity index (χ2v) is 33.6. The van der Waals surface area contributed by atoms with Crippen LogP contribution < -0.4 is 111 Å². The van der Waals surface area contributed by atoms with Crippen LogP contribution in [0.3, 0.4) is 0 Å². The highest BCUT2D eigenvalue weighted by Crippen LogP contribution is 2.40. The second kappa shape index (κ2) is 59.9. The summed E-state index contributed by atoms with van der Waals surface area (Å²) in [5, 5.41) is 113. The fourth-order valence-corrected chi connectivity index (χ4v) is 14.5. The highest BCUT2D eigenvalue weighted by atomic mass is 16.5. The van der Waals surface area contributed by atoms with Crippen molar-refractivity contribution in [3.05, 3.63) is 161 Å². The van der Waals surface area contributed by atoms with Crippen molar-refractivity contribution in [1.82, 2.24) is 79.8 Å². The van der Waals surface area contributed by atoms with Crippen LogP contribution in [0.1, 0.15) is 150 Å². The van der Waals surface area contributed by atoms with Gasteiger partial charge in [-0.2, -0.15) is 0 Å². The second-order valence-electron chi connectivity index (χ2n) is 33.6. The minimum absolute atomic E-state index is 0.0923. The molecule has 0 radical (unpaired) electrons. The molecule has 50 nitrogen and oxygen atoms in total. The van der Waals surface area contributed by atoms with E-state index < -0.39 is 286 Å². The van der Waals surface area contributed by atoms with Crippen LogP contribution in [0.5, 0.6) is 17.2 Å². The Hall–Kier alpha value is -16.4. The Labute approximate surface area is 825 Å². The molecule has 0 saturated carbocycles. The Kier molecular flexibility index (Phi) is 49.1. The minimum Gasteiger partial charge on any atom is -0.497 e. The van der Waals surface area contributed by atoms with E-state index in [1.807, 2.05) is 16.7 Å². The van der Waals surface area contributed by atoms with Crippen LogP contribution in [0, 0.1) is 11.3 Å². The zero-order chi connectivity index (χ0) is 107. The Morgan fingerprint density at radius 3 is 1.18 bits per heavy atom. The first-order valence-electron chi connectivity index (χ1n) is 45.5. The highest BCUT2D eigenvalue weighted by Gasteiger charge is 2.40. The number of nitrogens with two attached hydrogens (primary N) is 3. The third-order valence-corrected chi connectivity index (χ3v) is 22.1. The fraction of sp³-hybridized carbons (Fsp3) is 0.447. The number of primary amides is 2. The van der Waals surface area contributed by atoms with E-state index in [4.69, 9.17) is 36.8 Å². The topological polar surface area (TPSA) is 810 Å². The van der Waals surface area contributed by atoms with Crippen LogP contribution in [0.15, 0.2) is 127 Å². The van der Waals surface area contributed by atoms with E-state index in [2.05, 4.69) is 69.1 Å². The Bertz CT molecular complexity index is 5280. The summed E-state index contributed by atoms with van der Waals surface area (Å²) in [7, 11) is 4.54. The molecule has 0 aliphatic heterocycles. The normalized spacial score (nSPS) is 13.5. The summed E-state index contributed by atoms with van der Waals surface area (Å²) < 4.78 is 16.4. The third kappa shape index (κ3) is 40.8. The van der Waals surface area contributed by atoms with Gasteiger partial charge in [-0.15, -0.1) is 0 Å². The number of ether oxygens (including phenoxy) is 3. The van der Waals surface area contributed by atoms with Gasteiger partial charge < -0.3 is 147 Å². The first-order chi connectivity index (χ1) is 68.2. The fourth-order valence-electron chi connectivity index (χ4n) is 14.5. The van der Waals surface area contributed by atoms with Gasteiger partial charge in [0.15, 0.2) is 5.96 Å². The van der Waals surface area contributed by atoms with Gasteiger partial charge in [0.2, 0.25) is 94.5 Å². The van der Waals surface area contributed by atoms with Crippen molar-refractivity contribution in [2.75, 3.05) is 47.6 Å². The maximum atomic E-state index is 14.5. The van der Waals surface area contributed by atoms with Crippen LogP contribution in [0.2, 0.25) is 0 Å². The predicted octanol–water partition coefficient (Wildman–Crippen LogP) is -4.53. The number of unbranched alkanes of at least 4 members (excludes halogenated alkanes) is 2. The van der Waals surface area contributed by atoms with Crippen molar-refractivity contribution in [2.24, 2.45) is 23.1 Å². The number of aliphatic carboxylic acids is 5. The molecule has 50 heteroatoms. The Morgan fingerprint density at radius 1 is 0.361 bits per heavy atom. The molecule has 0 saturated heterocycles. The van der Waals surface area contributed by atoms with E-state index in [1.165, 1.54) is 42.1 Å². The summed E-state index contributed by atoms with van der Waals surface area (Å²) in [5.74, 6) is -27.0. The maximum absolute atomic E-state index is 14.5. The van der Waals surface area contributed by atoms with Crippen molar-refractivity contribution >= 4 is 130 Å². The van der Waals surface area contributed by atoms with Gasteiger partial charge in [0.05, 0.1) is 60.3 Å². The Balaban J connectivity index is 1.25. The standard InChI is InChI=1S/C94H125N19O31/c1-50(2)80(113-75(119)48-101-82(129)60(33-37-76(120)121)103-73(117)23-15-9-14-21-54-43-57(28-36-70(54)144-6)94(141,55-24-29-58(142-4)30-25-55)56-26-31-59(143-5)32-27-56)91(138)111-67(45-72(96)116)88(135)110-68(46-79(126)127)89(136)109-66(44-71(95)115)87(134)106-62(35-39-78(124)125)84(131)105-61(34-38-77(122)123)83(130)100-47-74(118)104-64(41-52-17-10-7-11-18-52)85(132)108-65(42-53-19-12-8-13-20-53)86(133)112-69(49-114)90(137)102-51(3)81(128)107-63(92(139)140)22-16-40-99-93(97)98/h7-8,10-13,17-20,24-32,36,43,50-51,60-69,80,114,141H,9,14-16,21-23,33-35,37-42,44-49H2,1-6H3,(H2,95,115)(H2,96,116)(H,100,130)(H,101,129)(H,102,137)(H,103,117)(H,104,118)(H,105,131)(H,106,134)(H,107,128)(H,108,132)(H,109,136)(H,110,135)(H,111,138)(H,112,133)(H,113,119)(H,120,121)(H,122,123)(H,124,125)(H,126,127)(H,139,140)(H4,97,98,99)/t51-,60-,61-,62-,63-,64-,65-,66-,67-,68-,69-,80-/m0/s1. The van der Waals surface area contributed by atoms with Crippen LogP contribution >= 0.6 is 0 Å². The number of hydrogen-bond acceptors (Lipinski definition) is 27. The molecule has 5 aromatic rings. The number of methoxy groups -OCH3 is 3. The van der Waals surface area contributed by atoms with Gasteiger partial charge in [-0.1, -0.05) is 111 Å². The van der Waals surface area contributed by atoms with E-state index in [0.717, 1.165) is 5.56 Å². The quantitative estimate of drug-likeness (QED) is 0.00755. The van der Waals surface area contributed by atoms with Crippen molar-refractivity contribution in [3.8, 4) is 17.2 Å². The number of aliphatic hydroxyl groups excluding tert-OH is 1. The molecule has 5 rings (SSSR count). The van der Waals surface area contributed by atoms with Gasteiger partial charge in [-0.3, -0.25) is 101 Å². The van der Waals surface area contributed by atoms with Crippen LogP contribution in [-0.4, -0.2) is 286 Å². The zero-order valence-corrected chi connectivity index (χ0v) is 79.8. The van der Waals surface area contributed by atoms with E-state index in [9.17, 15) is 136 Å². The summed E-state index contributed by atoms with van der Waals surface area (Å²) in [6.07, 6.45) is -7.44. The number of nitrogens with one attached hydrogen (secondary N) is 16. The molecule has 0 unspecified atom stereocenters. The summed E-state index contributed by atoms with van der Waals surface area (Å²) >= 11 is 0. The zero-order valence-electron chi connectivity index (χ0n) is 79.8. The molecule has 0 spiro atoms. The predicted molar refractivity (Wildman–Crippen MR) is 508 cm³/mol. The summed E-state index contributed by atoms with van der Waals surface area (Å²) in [6.45, 7) is 0.994. The molecule has 12 atom stereocenters. The minimum atomic E-state index is -2.34. The summed E-state index contributed by atoms with van der Waals surface area (Å²) in [4.78, 5) is 280. The molecule has 0 aliphatic carbocycles. The molecule has 0 bridgehead atoms. The van der Waals surface area contributed by atoms with Gasteiger partial charge in [0, 0.05) is 45.1 Å². The maximum Gasteiger partial charge on any atom is 0.326 e. The number of aliphatic hydroxyl groups is 2. The van der Waals surface area contributed by atoms with Gasteiger partial charge in [-0.25, -0.2) is 4.79 Å². The molecule has 782 valence electrons. The largest absolute Gasteiger partial charge is 0.497 e. The van der Waals surface area contributed by atoms with Crippen LogP contribution in [0.4, 0.5) is 0 Å². The van der Waals surface area contributed by atoms with Crippen molar-refractivity contribution in [2.45, 2.75) is 214 Å². The number of carboxylic acids is 5. The Morgan fingerprint density at radius 2 is 0.750 bits per heavy atom. The number of guanidine groups is 1. The van der Waals surface area contributed by atoms with Crippen LogP contribution in [0.25, 0.3) is 0 Å². The van der Waals surface area contributed by atoms with Crippen molar-refractivity contribution < 1.29 is 151 Å². The number of amides is 16. The number of benzene rings is 5. The van der Waals surface area contributed by atoms with E-state index in [-0.39, 0.29) is 51.0 Å². The monoisotopic (exact) mass is 2020 g/mol. The van der Waals surface area contributed by atoms with E-state index >= 15 is 0 Å². The number of carbonyl (C=O) groups excluding carboxylic acids is 16. The molecule has 144 heavy (non-hydrogen) atoms. The number of aryl methyl sites for hydroxylation is 1. The number of carboxylic acid groups (broad SMARTS) is 5. The molecule has 0 fully saturated rings. The van der Waals surface area contributed by atoms with Crippen molar-refractivity contribution in [1.29, 1.82) is 5.41 Å². The van der Waals surface area contributed by atoms with Gasteiger partial charge in [0.1, 0.15) is 95.4 Å². The third-order valence-electron chi connectivity index (χ3n) is 22.1. The van der Waals surface area contributed by atoms with Gasteiger partial charge in [-0.05, 0) is 134 Å². The lowest BCUT2D eigenvalue weighted by atomic mass is 9.79. The summed E-state index contributed by atoms with van der Waals surface area (Å²) in [6, 6.07) is 13.0.